The lowest BCUT2D eigenvalue weighted by Gasteiger charge is -2.10. The minimum absolute atomic E-state index is 0.244. The third-order valence-corrected chi connectivity index (χ3v) is 6.52. The van der Waals surface area contributed by atoms with Crippen LogP contribution in [0.25, 0.3) is 0 Å². The normalized spacial score (nSPS) is 11.3. The second-order valence-electron chi connectivity index (χ2n) is 4.03. The van der Waals surface area contributed by atoms with Crippen LogP contribution >= 0.6 is 27.3 Å². The van der Waals surface area contributed by atoms with Gasteiger partial charge in [-0.05, 0) is 39.5 Å². The maximum Gasteiger partial charge on any atom is 0.272 e. The Labute approximate surface area is 136 Å². The molecule has 0 aliphatic heterocycles. The minimum Gasteiger partial charge on any atom is -0.491 e. The molecule has 1 N–H and O–H groups in total. The number of thiophene rings is 1. The first-order valence-corrected chi connectivity index (χ1v) is 9.16. The van der Waals surface area contributed by atoms with Crippen LogP contribution in [0.1, 0.15) is 0 Å². The molecule has 0 fully saturated rings. The molecule has 0 radical (unpaired) electrons. The maximum absolute atomic E-state index is 12.3. The molecule has 1 aromatic carbocycles. The van der Waals surface area contributed by atoms with Crippen molar-refractivity contribution < 1.29 is 17.9 Å². The molecule has 0 spiro atoms. The van der Waals surface area contributed by atoms with E-state index in [1.54, 1.807) is 42.8 Å². The number of anilines is 1. The molecule has 0 aliphatic carbocycles. The number of hydrogen-bond acceptors (Lipinski definition) is 5. The number of hydrogen-bond donors (Lipinski definition) is 1. The standard InChI is InChI=1S/C13H14BrNO4S2/c1-18-6-7-19-11-4-2-3-10(9-11)15-21(16,17)13-12(14)5-8-20-13/h2-5,8-9,15H,6-7H2,1H3. The summed E-state index contributed by atoms with van der Waals surface area (Å²) in [7, 11) is -2.01. The van der Waals surface area contributed by atoms with Gasteiger partial charge in [0.15, 0.2) is 4.21 Å². The molecule has 5 nitrogen and oxygen atoms in total. The Hall–Kier alpha value is -1.09. The van der Waals surface area contributed by atoms with Gasteiger partial charge in [0.05, 0.1) is 12.3 Å². The van der Waals surface area contributed by atoms with Gasteiger partial charge in [-0.15, -0.1) is 11.3 Å². The van der Waals surface area contributed by atoms with Crippen LogP contribution in [0.3, 0.4) is 0 Å². The molecule has 0 bridgehead atoms. The van der Waals surface area contributed by atoms with Crippen molar-refractivity contribution in [3.63, 3.8) is 0 Å². The molecule has 0 saturated heterocycles. The third kappa shape index (κ3) is 4.44. The SMILES string of the molecule is COCCOc1cccc(NS(=O)(=O)c2sccc2Br)c1. The van der Waals surface area contributed by atoms with Crippen LogP contribution in [0.15, 0.2) is 44.4 Å². The van der Waals surface area contributed by atoms with Gasteiger partial charge in [-0.1, -0.05) is 6.07 Å². The number of nitrogens with one attached hydrogen (secondary N) is 1. The lowest BCUT2D eigenvalue weighted by molar-refractivity contribution is 0.146. The molecule has 0 atom stereocenters. The van der Waals surface area contributed by atoms with E-state index in [0.717, 1.165) is 11.3 Å². The van der Waals surface area contributed by atoms with Crippen molar-refractivity contribution in [1.29, 1.82) is 0 Å². The molecular weight excluding hydrogens is 378 g/mol. The smallest absolute Gasteiger partial charge is 0.272 e. The maximum atomic E-state index is 12.3. The number of halogens is 1. The van der Waals surface area contributed by atoms with Gasteiger partial charge in [0.25, 0.3) is 10.0 Å². The van der Waals surface area contributed by atoms with Crippen molar-refractivity contribution >= 4 is 43.0 Å². The van der Waals surface area contributed by atoms with E-state index in [2.05, 4.69) is 20.7 Å². The second-order valence-corrected chi connectivity index (χ2v) is 7.68. The molecule has 8 heteroatoms. The summed E-state index contributed by atoms with van der Waals surface area (Å²) in [5.41, 5.74) is 0.449. The second kappa shape index (κ2) is 7.26. The molecule has 0 aliphatic rings. The zero-order valence-electron chi connectivity index (χ0n) is 11.2. The predicted octanol–water partition coefficient (Wildman–Crippen LogP) is 3.34. The number of benzene rings is 1. The average molecular weight is 392 g/mol. The number of ether oxygens (including phenoxy) is 2. The zero-order chi connectivity index (χ0) is 15.3. The van der Waals surface area contributed by atoms with Gasteiger partial charge in [-0.25, -0.2) is 8.42 Å². The Bertz CT molecular complexity index is 700. The molecule has 21 heavy (non-hydrogen) atoms. The number of methoxy groups -OCH3 is 1. The van der Waals surface area contributed by atoms with Crippen molar-refractivity contribution in [1.82, 2.24) is 0 Å². The molecule has 0 amide bonds. The van der Waals surface area contributed by atoms with Gasteiger partial charge in [-0.3, -0.25) is 4.72 Å². The molecule has 1 heterocycles. The van der Waals surface area contributed by atoms with Gasteiger partial charge in [-0.2, -0.15) is 0 Å². The van der Waals surface area contributed by atoms with Gasteiger partial charge in [0, 0.05) is 17.6 Å². The van der Waals surface area contributed by atoms with Gasteiger partial charge < -0.3 is 9.47 Å². The lowest BCUT2D eigenvalue weighted by Crippen LogP contribution is -2.12. The van der Waals surface area contributed by atoms with Crippen molar-refractivity contribution in [3.05, 3.63) is 40.2 Å². The van der Waals surface area contributed by atoms with Crippen LogP contribution in [-0.4, -0.2) is 28.7 Å². The molecule has 1 aromatic heterocycles. The highest BCUT2D eigenvalue weighted by atomic mass is 79.9. The third-order valence-electron chi connectivity index (χ3n) is 2.47. The highest BCUT2D eigenvalue weighted by molar-refractivity contribution is 9.10. The van der Waals surface area contributed by atoms with E-state index in [0.29, 0.717) is 29.1 Å². The molecule has 2 aromatic rings. The monoisotopic (exact) mass is 391 g/mol. The summed E-state index contributed by atoms with van der Waals surface area (Å²) in [5.74, 6) is 0.581. The Morgan fingerprint density at radius 3 is 2.76 bits per heavy atom. The molecule has 0 saturated carbocycles. The number of rotatable bonds is 7. The summed E-state index contributed by atoms with van der Waals surface area (Å²) in [6, 6.07) is 8.48. The van der Waals surface area contributed by atoms with E-state index in [9.17, 15) is 8.42 Å². The first-order chi connectivity index (χ1) is 10.0. The van der Waals surface area contributed by atoms with E-state index in [1.807, 2.05) is 0 Å². The van der Waals surface area contributed by atoms with E-state index in [-0.39, 0.29) is 4.21 Å². The van der Waals surface area contributed by atoms with E-state index >= 15 is 0 Å². The molecular formula is C13H14BrNO4S2. The fraction of sp³-hybridized carbons (Fsp3) is 0.231. The van der Waals surface area contributed by atoms with E-state index in [1.165, 1.54) is 0 Å². The highest BCUT2D eigenvalue weighted by Crippen LogP contribution is 2.29. The summed E-state index contributed by atoms with van der Waals surface area (Å²) in [6.07, 6.45) is 0. The van der Waals surface area contributed by atoms with Gasteiger partial charge in [0.2, 0.25) is 0 Å². The van der Waals surface area contributed by atoms with Crippen molar-refractivity contribution in [3.8, 4) is 5.75 Å². The molecule has 114 valence electrons. The van der Waals surface area contributed by atoms with Crippen molar-refractivity contribution in [2.24, 2.45) is 0 Å². The van der Waals surface area contributed by atoms with Gasteiger partial charge >= 0.3 is 0 Å². The topological polar surface area (TPSA) is 64.6 Å². The van der Waals surface area contributed by atoms with Gasteiger partial charge in [0.1, 0.15) is 12.4 Å². The quantitative estimate of drug-likeness (QED) is 0.735. The first kappa shape index (κ1) is 16.3. The predicted molar refractivity (Wildman–Crippen MR) is 86.6 cm³/mol. The Balaban J connectivity index is 2.12. The summed E-state index contributed by atoms with van der Waals surface area (Å²) >= 11 is 4.38. The fourth-order valence-corrected chi connectivity index (χ4v) is 4.95. The Morgan fingerprint density at radius 1 is 1.29 bits per heavy atom. The van der Waals surface area contributed by atoms with Crippen LogP contribution in [0, 0.1) is 0 Å². The average Bonchev–Trinajstić information content (AvgIpc) is 2.86. The van der Waals surface area contributed by atoms with Crippen molar-refractivity contribution in [2.75, 3.05) is 25.0 Å². The minimum atomic E-state index is -3.60. The van der Waals surface area contributed by atoms with E-state index < -0.39 is 10.0 Å². The summed E-state index contributed by atoms with van der Waals surface area (Å²) in [5, 5.41) is 1.71. The Morgan fingerprint density at radius 2 is 2.10 bits per heavy atom. The summed E-state index contributed by atoms with van der Waals surface area (Å²) in [4.78, 5) is 0. The fourth-order valence-electron chi connectivity index (χ4n) is 1.57. The first-order valence-electron chi connectivity index (χ1n) is 6.00. The van der Waals surface area contributed by atoms with Crippen LogP contribution in [0.5, 0.6) is 5.75 Å². The van der Waals surface area contributed by atoms with Crippen LogP contribution in [0.2, 0.25) is 0 Å². The van der Waals surface area contributed by atoms with Crippen LogP contribution < -0.4 is 9.46 Å². The lowest BCUT2D eigenvalue weighted by atomic mass is 10.3. The zero-order valence-corrected chi connectivity index (χ0v) is 14.4. The van der Waals surface area contributed by atoms with Crippen LogP contribution in [-0.2, 0) is 14.8 Å². The van der Waals surface area contributed by atoms with E-state index in [4.69, 9.17) is 9.47 Å². The Kier molecular flexibility index (Phi) is 5.63. The largest absolute Gasteiger partial charge is 0.491 e. The van der Waals surface area contributed by atoms with Crippen LogP contribution in [0.4, 0.5) is 5.69 Å². The highest BCUT2D eigenvalue weighted by Gasteiger charge is 2.19. The molecule has 2 rings (SSSR count). The molecule has 0 unspecified atom stereocenters. The number of sulfonamides is 1. The van der Waals surface area contributed by atoms with Crippen molar-refractivity contribution in [2.45, 2.75) is 4.21 Å². The summed E-state index contributed by atoms with van der Waals surface area (Å²) in [6.45, 7) is 0.876. The summed E-state index contributed by atoms with van der Waals surface area (Å²) < 4.78 is 38.2.